The molecule has 2 aromatic carbocycles. The first-order valence-electron chi connectivity index (χ1n) is 14.4. The first kappa shape index (κ1) is 36.2. The maximum atomic E-state index is 13.2. The Morgan fingerprint density at radius 2 is 1.28 bits per heavy atom. The average Bonchev–Trinajstić information content (AvgIpc) is 3.58. The van der Waals surface area contributed by atoms with E-state index in [2.05, 4.69) is 35.4 Å². The SMILES string of the molecule is C.CC(F)(F)c1ccc(CCc2cnccc2-c2nn[nH]n2)cc1.[C-]#[N+]CC(=O)c1ccncc1CCc1ccc(C(C)(F)F)cc1. The number of aryl methyl sites for hydroxylation is 4. The lowest BCUT2D eigenvalue weighted by Crippen LogP contribution is -2.08. The Kier molecular flexibility index (Phi) is 12.5. The minimum absolute atomic E-state index is 0. The first-order valence-corrected chi connectivity index (χ1v) is 14.4. The number of hydrogen-bond donors (Lipinski definition) is 1. The standard InChI is InChI=1S/C18H16F2N2O.C16H15F2N5.CH4/c1-18(19,20)15-7-4-13(5-8-15)3-6-14-11-22-10-9-16(14)17(23)12-21-2;1-16(17,18)13-6-3-11(4-7-13)2-5-12-10-19-9-8-14(12)15-20-22-23-21-15;/h4-5,7-11H,3,6,12H2,1H3;3-4,6-10H,2,5H2,1H3,(H,20,21,22,23);1H4. The number of alkyl halides is 4. The second-order valence-corrected chi connectivity index (χ2v) is 10.7. The Morgan fingerprint density at radius 3 is 1.77 bits per heavy atom. The van der Waals surface area contributed by atoms with Gasteiger partial charge in [0.05, 0.1) is 0 Å². The van der Waals surface area contributed by atoms with Gasteiger partial charge in [0.2, 0.25) is 11.6 Å². The lowest BCUT2D eigenvalue weighted by Gasteiger charge is -2.11. The average molecular weight is 646 g/mol. The molecule has 0 spiro atoms. The summed E-state index contributed by atoms with van der Waals surface area (Å²) in [5.74, 6) is -5.36. The second-order valence-electron chi connectivity index (χ2n) is 10.7. The van der Waals surface area contributed by atoms with Crippen LogP contribution >= 0.6 is 0 Å². The molecule has 0 fully saturated rings. The molecule has 3 heterocycles. The summed E-state index contributed by atoms with van der Waals surface area (Å²) in [5.41, 5.74) is 5.03. The molecule has 0 saturated carbocycles. The molecule has 0 aliphatic carbocycles. The van der Waals surface area contributed by atoms with Crippen LogP contribution in [0.25, 0.3) is 16.2 Å². The van der Waals surface area contributed by atoms with Gasteiger partial charge in [-0.25, -0.2) is 24.1 Å². The molecule has 12 heteroatoms. The van der Waals surface area contributed by atoms with Gasteiger partial charge in [-0.3, -0.25) is 14.8 Å². The topological polar surface area (TPSA) is 102 Å². The summed E-state index contributed by atoms with van der Waals surface area (Å²) in [4.78, 5) is 23.2. The van der Waals surface area contributed by atoms with Crippen LogP contribution in [0.2, 0.25) is 0 Å². The van der Waals surface area contributed by atoms with Gasteiger partial charge in [-0.2, -0.15) is 5.21 Å². The van der Waals surface area contributed by atoms with Crippen molar-refractivity contribution in [3.8, 4) is 11.4 Å². The van der Waals surface area contributed by atoms with Crippen LogP contribution in [-0.2, 0) is 37.5 Å². The van der Waals surface area contributed by atoms with Crippen molar-refractivity contribution < 1.29 is 22.4 Å². The van der Waals surface area contributed by atoms with E-state index < -0.39 is 11.8 Å². The minimum Gasteiger partial charge on any atom is -0.308 e. The van der Waals surface area contributed by atoms with Crippen LogP contribution in [0.15, 0.2) is 85.5 Å². The number of rotatable bonds is 11. The normalized spacial score (nSPS) is 11.1. The molecule has 0 unspecified atom stereocenters. The Hall–Kier alpha value is -5.31. The Bertz CT molecular complexity index is 1760. The molecule has 8 nitrogen and oxygen atoms in total. The van der Waals surface area contributed by atoms with E-state index >= 15 is 0 Å². The molecule has 0 radical (unpaired) electrons. The number of hydrogen-bond acceptors (Lipinski definition) is 6. The zero-order valence-electron chi connectivity index (χ0n) is 25.2. The van der Waals surface area contributed by atoms with Crippen molar-refractivity contribution in [1.82, 2.24) is 30.6 Å². The van der Waals surface area contributed by atoms with Gasteiger partial charge in [0.25, 0.3) is 18.4 Å². The van der Waals surface area contributed by atoms with Crippen molar-refractivity contribution in [2.75, 3.05) is 6.54 Å². The summed E-state index contributed by atoms with van der Waals surface area (Å²) in [5, 5.41) is 14.0. The number of ketones is 1. The van der Waals surface area contributed by atoms with E-state index in [0.29, 0.717) is 37.1 Å². The molecule has 0 bridgehead atoms. The number of aromatic nitrogens is 6. The van der Waals surface area contributed by atoms with Crippen LogP contribution in [0.4, 0.5) is 17.6 Å². The molecule has 5 aromatic rings. The molecule has 0 atom stereocenters. The predicted molar refractivity (Wildman–Crippen MR) is 171 cm³/mol. The monoisotopic (exact) mass is 645 g/mol. The number of nitrogens with one attached hydrogen (secondary N) is 1. The van der Waals surface area contributed by atoms with Crippen molar-refractivity contribution in [3.63, 3.8) is 0 Å². The Balaban J connectivity index is 0.000000250. The number of tetrazole rings is 1. The first-order chi connectivity index (χ1) is 22.0. The van der Waals surface area contributed by atoms with Crippen LogP contribution in [0.5, 0.6) is 0 Å². The Labute approximate surface area is 271 Å². The fourth-order valence-electron chi connectivity index (χ4n) is 4.66. The number of carbonyl (C=O) groups is 1. The van der Waals surface area contributed by atoms with Crippen molar-refractivity contribution in [2.45, 2.75) is 58.8 Å². The van der Waals surface area contributed by atoms with Crippen molar-refractivity contribution in [2.24, 2.45) is 0 Å². The maximum Gasteiger partial charge on any atom is 0.276 e. The lowest BCUT2D eigenvalue weighted by atomic mass is 9.98. The molecule has 0 saturated heterocycles. The number of halogens is 4. The molecule has 5 rings (SSSR count). The number of Topliss-reactive ketones (excluding diaryl/α,β-unsaturated/α-hetero) is 1. The van der Waals surface area contributed by atoms with Gasteiger partial charge in [-0.1, -0.05) is 56.0 Å². The van der Waals surface area contributed by atoms with E-state index in [1.165, 1.54) is 30.5 Å². The molecule has 0 amide bonds. The van der Waals surface area contributed by atoms with Crippen molar-refractivity contribution in [1.29, 1.82) is 0 Å². The largest absolute Gasteiger partial charge is 0.308 e. The smallest absolute Gasteiger partial charge is 0.276 e. The number of H-pyrrole nitrogens is 1. The molecule has 47 heavy (non-hydrogen) atoms. The number of nitrogens with zero attached hydrogens (tertiary/aromatic N) is 6. The van der Waals surface area contributed by atoms with Gasteiger partial charge in [0.15, 0.2) is 0 Å². The third-order valence-corrected chi connectivity index (χ3v) is 7.20. The van der Waals surface area contributed by atoms with E-state index in [1.54, 1.807) is 48.9 Å². The number of carbonyl (C=O) groups excluding carboxylic acids is 1. The number of aromatic amines is 1. The van der Waals surface area contributed by atoms with E-state index in [1.807, 2.05) is 6.07 Å². The van der Waals surface area contributed by atoms with E-state index in [9.17, 15) is 22.4 Å². The highest BCUT2D eigenvalue weighted by molar-refractivity contribution is 5.99. The number of benzene rings is 2. The third kappa shape index (κ3) is 10.4. The zero-order valence-corrected chi connectivity index (χ0v) is 25.2. The van der Waals surface area contributed by atoms with E-state index in [4.69, 9.17) is 6.57 Å². The Morgan fingerprint density at radius 1 is 0.766 bits per heavy atom. The fourth-order valence-corrected chi connectivity index (χ4v) is 4.66. The van der Waals surface area contributed by atoms with Gasteiger partial charge < -0.3 is 4.85 Å². The fraction of sp³-hybridized carbons (Fsp3) is 0.286. The summed E-state index contributed by atoms with van der Waals surface area (Å²) < 4.78 is 52.8. The highest BCUT2D eigenvalue weighted by Gasteiger charge is 2.24. The van der Waals surface area contributed by atoms with Gasteiger partial charge in [-0.15, -0.1) is 10.2 Å². The summed E-state index contributed by atoms with van der Waals surface area (Å²) in [6.45, 7) is 8.37. The van der Waals surface area contributed by atoms with E-state index in [-0.39, 0.29) is 30.9 Å². The highest BCUT2D eigenvalue weighted by Crippen LogP contribution is 2.28. The molecule has 3 aromatic heterocycles. The summed E-state index contributed by atoms with van der Waals surface area (Å²) >= 11 is 0. The van der Waals surface area contributed by atoms with Crippen molar-refractivity contribution in [3.05, 3.63) is 136 Å². The molecule has 1 N–H and O–H groups in total. The van der Waals surface area contributed by atoms with Crippen LogP contribution in [0, 0.1) is 6.57 Å². The quantitative estimate of drug-likeness (QED) is 0.0891. The van der Waals surface area contributed by atoms with Crippen LogP contribution in [-0.4, -0.2) is 42.9 Å². The second kappa shape index (κ2) is 16.3. The maximum absolute atomic E-state index is 13.2. The summed E-state index contributed by atoms with van der Waals surface area (Å²) in [7, 11) is 0. The van der Waals surface area contributed by atoms with Crippen LogP contribution in [0.1, 0.15) is 65.0 Å². The highest BCUT2D eigenvalue weighted by atomic mass is 19.3. The molecular weight excluding hydrogens is 610 g/mol. The van der Waals surface area contributed by atoms with E-state index in [0.717, 1.165) is 41.7 Å². The predicted octanol–water partition coefficient (Wildman–Crippen LogP) is 7.88. The zero-order chi connectivity index (χ0) is 33.2. The third-order valence-electron chi connectivity index (χ3n) is 7.20. The van der Waals surface area contributed by atoms with Crippen molar-refractivity contribution >= 4 is 5.78 Å². The minimum atomic E-state index is -2.85. The molecule has 0 aliphatic rings. The van der Waals surface area contributed by atoms with Gasteiger partial charge >= 0.3 is 0 Å². The van der Waals surface area contributed by atoms with Gasteiger partial charge in [0, 0.05) is 60.9 Å². The summed E-state index contributed by atoms with van der Waals surface area (Å²) in [6, 6.07) is 16.0. The van der Waals surface area contributed by atoms with Crippen LogP contribution in [0.3, 0.4) is 0 Å². The molecular formula is C35H35F4N7O. The summed E-state index contributed by atoms with van der Waals surface area (Å²) in [6.07, 6.45) is 9.18. The van der Waals surface area contributed by atoms with Gasteiger partial charge in [0.1, 0.15) is 0 Å². The number of pyridine rings is 2. The molecule has 244 valence electrons. The lowest BCUT2D eigenvalue weighted by molar-refractivity contribution is 0.0168. The van der Waals surface area contributed by atoms with Gasteiger partial charge in [-0.05, 0) is 65.3 Å². The van der Waals surface area contributed by atoms with Crippen LogP contribution < -0.4 is 0 Å². The molecule has 0 aliphatic heterocycles.